The lowest BCUT2D eigenvalue weighted by Crippen LogP contribution is -2.55. The van der Waals surface area contributed by atoms with Crippen LogP contribution in [0.1, 0.15) is 13.8 Å². The largest absolute Gasteiger partial charge is 0.368 e. The number of rotatable bonds is 1. The summed E-state index contributed by atoms with van der Waals surface area (Å²) in [5.74, 6) is 1.18. The van der Waals surface area contributed by atoms with Crippen LogP contribution in [0.15, 0.2) is 5.51 Å². The Bertz CT molecular complexity index is 558. The van der Waals surface area contributed by atoms with Crippen LogP contribution < -0.4 is 16.0 Å². The molecule has 0 amide bonds. The average molecular weight is 264 g/mol. The molecule has 2 aromatic rings. The predicted molar refractivity (Wildman–Crippen MR) is 73.9 cm³/mol. The summed E-state index contributed by atoms with van der Waals surface area (Å²) in [6.45, 7) is 6.25. The van der Waals surface area contributed by atoms with Gasteiger partial charge in [-0.15, -0.1) is 11.3 Å². The summed E-state index contributed by atoms with van der Waals surface area (Å²) < 4.78 is 0. The Balaban J connectivity index is 2.14. The Morgan fingerprint density at radius 1 is 1.33 bits per heavy atom. The third-order valence-electron chi connectivity index (χ3n) is 3.27. The van der Waals surface area contributed by atoms with Gasteiger partial charge in [0.1, 0.15) is 5.52 Å². The smallest absolute Gasteiger partial charge is 0.223 e. The van der Waals surface area contributed by atoms with E-state index in [4.69, 9.17) is 5.73 Å². The zero-order valence-corrected chi connectivity index (χ0v) is 11.2. The Hall–Kier alpha value is -1.47. The van der Waals surface area contributed by atoms with Crippen molar-refractivity contribution in [3.05, 3.63) is 5.51 Å². The molecule has 7 heteroatoms. The molecule has 3 rings (SSSR count). The number of nitrogens with two attached hydrogens (primary N) is 1. The van der Waals surface area contributed by atoms with Gasteiger partial charge in [0.2, 0.25) is 5.95 Å². The predicted octanol–water partition coefficient (Wildman–Crippen LogP) is 0.855. The van der Waals surface area contributed by atoms with E-state index in [9.17, 15) is 0 Å². The van der Waals surface area contributed by atoms with Crippen LogP contribution in [0, 0.1) is 0 Å². The highest BCUT2D eigenvalue weighted by molar-refractivity contribution is 7.16. The molecule has 18 heavy (non-hydrogen) atoms. The molecular weight excluding hydrogens is 248 g/mol. The molecule has 1 saturated heterocycles. The van der Waals surface area contributed by atoms with E-state index in [1.807, 2.05) is 0 Å². The first kappa shape index (κ1) is 11.6. The summed E-state index contributed by atoms with van der Waals surface area (Å²) in [4.78, 5) is 16.2. The Morgan fingerprint density at radius 3 is 2.78 bits per heavy atom. The number of fused-ring (bicyclic) bond motifs is 1. The molecular formula is C11H16N6S. The minimum absolute atomic E-state index is 0.319. The van der Waals surface area contributed by atoms with E-state index in [0.717, 1.165) is 29.3 Å². The molecule has 3 N–H and O–H groups in total. The molecule has 3 heterocycles. The van der Waals surface area contributed by atoms with Crippen LogP contribution in [0.4, 0.5) is 11.8 Å². The lowest BCUT2D eigenvalue weighted by Gasteiger charge is -2.40. The van der Waals surface area contributed by atoms with E-state index in [0.29, 0.717) is 18.0 Å². The number of aromatic nitrogens is 3. The zero-order chi connectivity index (χ0) is 12.7. The second-order valence-electron chi connectivity index (χ2n) is 4.68. The molecule has 0 aromatic carbocycles. The number of nitrogens with one attached hydrogen (secondary N) is 1. The standard InChI is InChI=1S/C11H16N6S/c1-6-3-13-4-7(2)17(6)9-8-10(18-5-14-8)16-11(12)15-9/h5-7,13H,3-4H2,1-2H3,(H2,12,15,16)/t6-,7+. The molecule has 2 aromatic heterocycles. The number of piperazine rings is 1. The van der Waals surface area contributed by atoms with E-state index in [1.165, 1.54) is 11.3 Å². The minimum atomic E-state index is 0.319. The van der Waals surface area contributed by atoms with Crippen LogP contribution >= 0.6 is 11.3 Å². The summed E-state index contributed by atoms with van der Waals surface area (Å²) in [6.07, 6.45) is 0. The minimum Gasteiger partial charge on any atom is -0.368 e. The third-order valence-corrected chi connectivity index (χ3v) is 3.99. The quantitative estimate of drug-likeness (QED) is 0.795. The number of hydrogen-bond donors (Lipinski definition) is 2. The van der Waals surface area contributed by atoms with Crippen molar-refractivity contribution in [3.8, 4) is 0 Å². The van der Waals surface area contributed by atoms with Crippen LogP contribution in [0.2, 0.25) is 0 Å². The fourth-order valence-electron chi connectivity index (χ4n) is 2.49. The number of thiazole rings is 1. The number of nitrogen functional groups attached to an aromatic ring is 1. The Morgan fingerprint density at radius 2 is 2.06 bits per heavy atom. The number of anilines is 2. The van der Waals surface area contributed by atoms with Crippen molar-refractivity contribution in [1.82, 2.24) is 20.3 Å². The molecule has 2 atom stereocenters. The number of nitrogens with zero attached hydrogens (tertiary/aromatic N) is 4. The van der Waals surface area contributed by atoms with E-state index in [2.05, 4.69) is 39.0 Å². The lowest BCUT2D eigenvalue weighted by molar-refractivity contribution is 0.430. The fourth-order valence-corrected chi connectivity index (χ4v) is 3.15. The van der Waals surface area contributed by atoms with Crippen molar-refractivity contribution in [2.24, 2.45) is 0 Å². The molecule has 6 nitrogen and oxygen atoms in total. The van der Waals surface area contributed by atoms with Gasteiger partial charge in [-0.1, -0.05) is 0 Å². The van der Waals surface area contributed by atoms with Gasteiger partial charge in [0.25, 0.3) is 0 Å². The second kappa shape index (κ2) is 4.33. The van der Waals surface area contributed by atoms with Gasteiger partial charge in [0, 0.05) is 25.2 Å². The first-order valence-corrected chi connectivity index (χ1v) is 6.90. The Labute approximate surface area is 109 Å². The van der Waals surface area contributed by atoms with Gasteiger partial charge < -0.3 is 16.0 Å². The fraction of sp³-hybridized carbons (Fsp3) is 0.545. The first-order chi connectivity index (χ1) is 8.66. The van der Waals surface area contributed by atoms with Gasteiger partial charge in [-0.05, 0) is 13.8 Å². The highest BCUT2D eigenvalue weighted by Gasteiger charge is 2.28. The van der Waals surface area contributed by atoms with Crippen LogP contribution in [0.25, 0.3) is 10.3 Å². The maximum absolute atomic E-state index is 5.80. The highest BCUT2D eigenvalue weighted by Crippen LogP contribution is 2.29. The summed E-state index contributed by atoms with van der Waals surface area (Å²) in [5.41, 5.74) is 8.44. The first-order valence-electron chi connectivity index (χ1n) is 6.02. The molecule has 1 aliphatic heterocycles. The maximum Gasteiger partial charge on any atom is 0.223 e. The Kier molecular flexibility index (Phi) is 2.79. The van der Waals surface area contributed by atoms with E-state index < -0.39 is 0 Å². The lowest BCUT2D eigenvalue weighted by atomic mass is 10.1. The molecule has 0 bridgehead atoms. The van der Waals surface area contributed by atoms with Crippen molar-refractivity contribution in [3.63, 3.8) is 0 Å². The maximum atomic E-state index is 5.80. The van der Waals surface area contributed by atoms with Crippen molar-refractivity contribution in [2.75, 3.05) is 23.7 Å². The monoisotopic (exact) mass is 264 g/mol. The molecule has 0 radical (unpaired) electrons. The molecule has 96 valence electrons. The summed E-state index contributed by atoms with van der Waals surface area (Å²) in [5, 5.41) is 3.41. The number of hydrogen-bond acceptors (Lipinski definition) is 7. The topological polar surface area (TPSA) is 80.0 Å². The van der Waals surface area contributed by atoms with Crippen molar-refractivity contribution in [1.29, 1.82) is 0 Å². The van der Waals surface area contributed by atoms with Crippen LogP contribution in [0.3, 0.4) is 0 Å². The summed E-state index contributed by atoms with van der Waals surface area (Å²) in [7, 11) is 0. The van der Waals surface area contributed by atoms with Gasteiger partial charge in [-0.25, -0.2) is 9.97 Å². The van der Waals surface area contributed by atoms with Gasteiger partial charge >= 0.3 is 0 Å². The van der Waals surface area contributed by atoms with Crippen molar-refractivity contribution < 1.29 is 0 Å². The van der Waals surface area contributed by atoms with Crippen LogP contribution in [-0.4, -0.2) is 40.1 Å². The van der Waals surface area contributed by atoms with Crippen LogP contribution in [-0.2, 0) is 0 Å². The SMILES string of the molecule is C[C@@H]1CNC[C@H](C)N1c1nc(N)nc2scnc12. The zero-order valence-electron chi connectivity index (χ0n) is 10.4. The van der Waals surface area contributed by atoms with Crippen molar-refractivity contribution >= 4 is 33.5 Å². The molecule has 0 aliphatic carbocycles. The van der Waals surface area contributed by atoms with E-state index in [1.54, 1.807) is 5.51 Å². The summed E-state index contributed by atoms with van der Waals surface area (Å²) in [6, 6.07) is 0.737. The molecule has 1 aliphatic rings. The summed E-state index contributed by atoms with van der Waals surface area (Å²) >= 11 is 1.50. The van der Waals surface area contributed by atoms with Gasteiger partial charge in [0.05, 0.1) is 5.51 Å². The molecule has 1 fully saturated rings. The van der Waals surface area contributed by atoms with Gasteiger partial charge in [0.15, 0.2) is 10.6 Å². The van der Waals surface area contributed by atoms with Crippen LogP contribution in [0.5, 0.6) is 0 Å². The van der Waals surface area contributed by atoms with Gasteiger partial charge in [-0.2, -0.15) is 4.98 Å². The highest BCUT2D eigenvalue weighted by atomic mass is 32.1. The average Bonchev–Trinajstić information content (AvgIpc) is 2.76. The van der Waals surface area contributed by atoms with Gasteiger partial charge in [-0.3, -0.25) is 0 Å². The molecule has 0 spiro atoms. The second-order valence-corrected chi connectivity index (χ2v) is 5.51. The van der Waals surface area contributed by atoms with E-state index in [-0.39, 0.29) is 0 Å². The van der Waals surface area contributed by atoms with Crippen molar-refractivity contribution in [2.45, 2.75) is 25.9 Å². The molecule has 0 unspecified atom stereocenters. The molecule has 0 saturated carbocycles. The third kappa shape index (κ3) is 1.79. The van der Waals surface area contributed by atoms with E-state index >= 15 is 0 Å². The normalized spacial score (nSPS) is 24.7.